The molecule has 1 saturated heterocycles. The molecular formula is C20H23BrO3. The Labute approximate surface area is 151 Å². The number of cyclic esters (lactones) is 1. The van der Waals surface area contributed by atoms with Crippen LogP contribution in [0.15, 0.2) is 28.7 Å². The molecule has 4 rings (SSSR count). The summed E-state index contributed by atoms with van der Waals surface area (Å²) in [5.41, 5.74) is -0.400. The van der Waals surface area contributed by atoms with E-state index in [1.54, 1.807) is 0 Å². The summed E-state index contributed by atoms with van der Waals surface area (Å²) in [4.78, 5) is 26.5. The first kappa shape index (κ1) is 16.3. The predicted molar refractivity (Wildman–Crippen MR) is 94.4 cm³/mol. The van der Waals surface area contributed by atoms with Gasteiger partial charge in [-0.05, 0) is 43.4 Å². The molecule has 4 heteroatoms. The fraction of sp³-hybridized carbons (Fsp3) is 0.600. The van der Waals surface area contributed by atoms with Crippen molar-refractivity contribution in [1.82, 2.24) is 0 Å². The van der Waals surface area contributed by atoms with Gasteiger partial charge in [0.25, 0.3) is 0 Å². The summed E-state index contributed by atoms with van der Waals surface area (Å²) in [7, 11) is 0. The summed E-state index contributed by atoms with van der Waals surface area (Å²) < 4.78 is 7.03. The van der Waals surface area contributed by atoms with Crippen molar-refractivity contribution < 1.29 is 14.3 Å². The summed E-state index contributed by atoms with van der Waals surface area (Å²) in [6.45, 7) is 0. The van der Waals surface area contributed by atoms with Gasteiger partial charge in [-0.1, -0.05) is 60.2 Å². The molecule has 2 saturated carbocycles. The number of benzene rings is 1. The predicted octanol–water partition coefficient (Wildman–Crippen LogP) is 5.13. The summed E-state index contributed by atoms with van der Waals surface area (Å²) in [5.74, 6) is -0.0783. The quantitative estimate of drug-likeness (QED) is 0.493. The van der Waals surface area contributed by atoms with Crippen molar-refractivity contribution in [2.24, 2.45) is 10.8 Å². The molecule has 1 aromatic carbocycles. The van der Waals surface area contributed by atoms with E-state index in [9.17, 15) is 9.59 Å². The number of ether oxygens (including phenoxy) is 1. The van der Waals surface area contributed by atoms with E-state index in [0.29, 0.717) is 12.8 Å². The van der Waals surface area contributed by atoms with Crippen LogP contribution < -0.4 is 0 Å². The number of carbonyl (C=O) groups is 2. The third-order valence-corrected chi connectivity index (χ3v) is 6.91. The number of rotatable bonds is 1. The molecule has 128 valence electrons. The topological polar surface area (TPSA) is 43.4 Å². The second-order valence-electron chi connectivity index (χ2n) is 7.67. The van der Waals surface area contributed by atoms with Crippen molar-refractivity contribution in [3.05, 3.63) is 34.3 Å². The van der Waals surface area contributed by atoms with Crippen molar-refractivity contribution in [2.45, 2.75) is 63.9 Å². The monoisotopic (exact) mass is 390 g/mol. The Bertz CT molecular complexity index is 652. The number of esters is 1. The maximum absolute atomic E-state index is 13.7. The Balaban J connectivity index is 1.79. The number of hydrogen-bond acceptors (Lipinski definition) is 3. The lowest BCUT2D eigenvalue weighted by atomic mass is 9.57. The minimum Gasteiger partial charge on any atom is -0.456 e. The van der Waals surface area contributed by atoms with E-state index >= 15 is 0 Å². The minimum absolute atomic E-state index is 0.191. The number of ketones is 1. The van der Waals surface area contributed by atoms with Crippen molar-refractivity contribution in [2.75, 3.05) is 0 Å². The Morgan fingerprint density at radius 3 is 2.08 bits per heavy atom. The minimum atomic E-state index is -0.844. The number of hydrogen-bond donors (Lipinski definition) is 0. The third kappa shape index (κ3) is 2.29. The molecule has 0 bridgehead atoms. The zero-order chi connectivity index (χ0) is 16.8. The van der Waals surface area contributed by atoms with Crippen LogP contribution in [0.25, 0.3) is 0 Å². The third-order valence-electron chi connectivity index (χ3n) is 6.38. The molecule has 0 radical (unpaired) electrons. The zero-order valence-corrected chi connectivity index (χ0v) is 15.4. The van der Waals surface area contributed by atoms with E-state index in [-0.39, 0.29) is 11.8 Å². The second-order valence-corrected chi connectivity index (χ2v) is 8.59. The molecule has 1 unspecified atom stereocenters. The summed E-state index contributed by atoms with van der Waals surface area (Å²) in [5, 5.41) is 0. The van der Waals surface area contributed by atoms with Gasteiger partial charge in [0.15, 0.2) is 5.78 Å². The number of carbonyl (C=O) groups excluding carboxylic acids is 2. The van der Waals surface area contributed by atoms with Gasteiger partial charge in [-0.25, -0.2) is 0 Å². The van der Waals surface area contributed by atoms with E-state index in [2.05, 4.69) is 15.9 Å². The van der Waals surface area contributed by atoms with Crippen LogP contribution in [0, 0.1) is 10.8 Å². The molecule has 3 fully saturated rings. The molecule has 3 aliphatic rings. The Kier molecular flexibility index (Phi) is 4.06. The van der Waals surface area contributed by atoms with Crippen LogP contribution in [-0.4, -0.2) is 11.8 Å². The SMILES string of the molecule is O=C1OC(c2ccc(Br)cc2)C2(CCCCC2)C(=O)C12CCCC2. The van der Waals surface area contributed by atoms with Gasteiger partial charge < -0.3 is 4.74 Å². The Morgan fingerprint density at radius 2 is 1.46 bits per heavy atom. The Hall–Kier alpha value is -1.16. The van der Waals surface area contributed by atoms with Gasteiger partial charge in [0, 0.05) is 4.47 Å². The van der Waals surface area contributed by atoms with E-state index in [1.807, 2.05) is 24.3 Å². The molecule has 0 amide bonds. The molecule has 1 aromatic rings. The normalized spacial score (nSPS) is 28.3. The van der Waals surface area contributed by atoms with Crippen molar-refractivity contribution in [1.29, 1.82) is 0 Å². The van der Waals surface area contributed by atoms with Crippen LogP contribution in [0.1, 0.15) is 69.5 Å². The van der Waals surface area contributed by atoms with Gasteiger partial charge in [0.1, 0.15) is 11.5 Å². The van der Waals surface area contributed by atoms with Gasteiger partial charge >= 0.3 is 5.97 Å². The lowest BCUT2D eigenvalue weighted by Crippen LogP contribution is -2.56. The van der Waals surface area contributed by atoms with Crippen LogP contribution in [0.5, 0.6) is 0 Å². The van der Waals surface area contributed by atoms with E-state index in [4.69, 9.17) is 4.74 Å². The molecule has 0 N–H and O–H groups in total. The van der Waals surface area contributed by atoms with Gasteiger partial charge in [-0.2, -0.15) is 0 Å². The largest absolute Gasteiger partial charge is 0.456 e. The van der Waals surface area contributed by atoms with Gasteiger partial charge in [0.2, 0.25) is 0 Å². The number of halogens is 1. The highest BCUT2D eigenvalue weighted by Gasteiger charge is 2.64. The van der Waals surface area contributed by atoms with E-state index < -0.39 is 16.9 Å². The molecule has 1 heterocycles. The maximum atomic E-state index is 13.7. The van der Waals surface area contributed by atoms with Crippen LogP contribution in [-0.2, 0) is 14.3 Å². The molecule has 1 aliphatic heterocycles. The first-order chi connectivity index (χ1) is 11.6. The van der Waals surface area contributed by atoms with E-state index in [1.165, 1.54) is 6.42 Å². The Morgan fingerprint density at radius 1 is 0.875 bits per heavy atom. The first-order valence-electron chi connectivity index (χ1n) is 9.10. The summed E-state index contributed by atoms with van der Waals surface area (Å²) in [6, 6.07) is 7.89. The van der Waals surface area contributed by atoms with Crippen LogP contribution in [0.4, 0.5) is 0 Å². The maximum Gasteiger partial charge on any atom is 0.320 e. The lowest BCUT2D eigenvalue weighted by molar-refractivity contribution is -0.195. The van der Waals surface area contributed by atoms with Crippen LogP contribution in [0.3, 0.4) is 0 Å². The highest BCUT2D eigenvalue weighted by Crippen LogP contribution is 2.59. The van der Waals surface area contributed by atoms with Gasteiger partial charge in [-0.3, -0.25) is 9.59 Å². The fourth-order valence-corrected chi connectivity index (χ4v) is 5.39. The molecule has 0 aromatic heterocycles. The lowest BCUT2D eigenvalue weighted by Gasteiger charge is -2.50. The molecular weight excluding hydrogens is 368 g/mol. The van der Waals surface area contributed by atoms with E-state index in [0.717, 1.165) is 48.6 Å². The zero-order valence-electron chi connectivity index (χ0n) is 13.9. The molecule has 3 nitrogen and oxygen atoms in total. The molecule has 24 heavy (non-hydrogen) atoms. The van der Waals surface area contributed by atoms with Crippen LogP contribution in [0.2, 0.25) is 0 Å². The standard InChI is InChI=1S/C20H23BrO3/c21-15-8-6-14(7-9-15)16-19(10-2-1-3-11-19)17(22)20(18(23)24-16)12-4-5-13-20/h6-9,16H,1-5,10-13H2. The van der Waals surface area contributed by atoms with Crippen molar-refractivity contribution in [3.63, 3.8) is 0 Å². The van der Waals surface area contributed by atoms with Crippen LogP contribution >= 0.6 is 15.9 Å². The smallest absolute Gasteiger partial charge is 0.320 e. The highest BCUT2D eigenvalue weighted by molar-refractivity contribution is 9.10. The summed E-state index contributed by atoms with van der Waals surface area (Å²) >= 11 is 3.45. The molecule has 2 spiro atoms. The number of Topliss-reactive ketones (excluding diaryl/α,β-unsaturated/α-hetero) is 1. The van der Waals surface area contributed by atoms with Gasteiger partial charge in [0.05, 0.1) is 5.41 Å². The molecule has 1 atom stereocenters. The first-order valence-corrected chi connectivity index (χ1v) is 9.89. The second kappa shape index (κ2) is 5.98. The summed E-state index contributed by atoms with van der Waals surface area (Å²) in [6.07, 6.45) is 7.82. The van der Waals surface area contributed by atoms with Crippen molar-refractivity contribution >= 4 is 27.7 Å². The average molecular weight is 391 g/mol. The highest BCUT2D eigenvalue weighted by atomic mass is 79.9. The van der Waals surface area contributed by atoms with Crippen molar-refractivity contribution in [3.8, 4) is 0 Å². The fourth-order valence-electron chi connectivity index (χ4n) is 5.13. The van der Waals surface area contributed by atoms with Gasteiger partial charge in [-0.15, -0.1) is 0 Å². The average Bonchev–Trinajstić information content (AvgIpc) is 3.10. The molecule has 2 aliphatic carbocycles.